The molecular weight excluding hydrogens is 543 g/mol. The van der Waals surface area contributed by atoms with Crippen molar-refractivity contribution < 1.29 is 23.5 Å². The van der Waals surface area contributed by atoms with E-state index in [9.17, 15) is 18.8 Å². The van der Waals surface area contributed by atoms with Gasteiger partial charge in [-0.25, -0.2) is 4.39 Å². The maximum absolute atomic E-state index is 13.2. The van der Waals surface area contributed by atoms with Gasteiger partial charge >= 0.3 is 0 Å². The van der Waals surface area contributed by atoms with Crippen molar-refractivity contribution in [2.75, 3.05) is 18.5 Å². The first-order valence-electron chi connectivity index (χ1n) is 8.71. The fourth-order valence-electron chi connectivity index (χ4n) is 2.64. The molecule has 1 heterocycles. The molecule has 30 heavy (non-hydrogen) atoms. The molecule has 0 aromatic heterocycles. The molecule has 0 saturated carbocycles. The molecule has 6 nitrogen and oxygen atoms in total. The number of anilines is 1. The van der Waals surface area contributed by atoms with E-state index in [2.05, 4.69) is 37.2 Å². The summed E-state index contributed by atoms with van der Waals surface area (Å²) in [5.41, 5.74) is 0.915. The van der Waals surface area contributed by atoms with Crippen LogP contribution in [0.5, 0.6) is 5.75 Å². The quantitative estimate of drug-likeness (QED) is 0.480. The van der Waals surface area contributed by atoms with Crippen molar-refractivity contribution >= 4 is 72.4 Å². The molecule has 2 aromatic rings. The molecule has 1 N–H and O–H groups in total. The maximum Gasteiger partial charge on any atom is 0.294 e. The highest BCUT2D eigenvalue weighted by Gasteiger charge is 2.36. The zero-order chi connectivity index (χ0) is 21.8. The van der Waals surface area contributed by atoms with Gasteiger partial charge in [0.25, 0.3) is 11.1 Å². The van der Waals surface area contributed by atoms with Crippen LogP contribution in [-0.2, 0) is 9.59 Å². The number of benzene rings is 2. The van der Waals surface area contributed by atoms with Gasteiger partial charge in [-0.05, 0) is 92.5 Å². The van der Waals surface area contributed by atoms with E-state index in [0.29, 0.717) is 26.9 Å². The molecule has 1 saturated heterocycles. The van der Waals surface area contributed by atoms with Gasteiger partial charge in [0.15, 0.2) is 0 Å². The minimum atomic E-state index is -0.601. The monoisotopic (exact) mass is 556 g/mol. The largest absolute Gasteiger partial charge is 0.492 e. The highest BCUT2D eigenvalue weighted by atomic mass is 79.9. The van der Waals surface area contributed by atoms with Crippen LogP contribution in [0.15, 0.2) is 50.2 Å². The Labute approximate surface area is 193 Å². The molecule has 0 unspecified atom stereocenters. The fourth-order valence-corrected chi connectivity index (χ4v) is 4.93. The molecule has 3 rings (SSSR count). The Kier molecular flexibility index (Phi) is 7.32. The third-order valence-electron chi connectivity index (χ3n) is 3.89. The van der Waals surface area contributed by atoms with Gasteiger partial charge in [-0.3, -0.25) is 19.3 Å². The standard InChI is InChI=1S/C20H15Br2FN2O4S/c1-2-29-18-14(21)6-11(7-15(18)22)8-16-19(27)25(20(28)30-16)10-17(26)24-13-5-3-4-12(23)9-13/h3-9H,2,10H2,1H3,(H,24,26)/b16-8+. The van der Waals surface area contributed by atoms with Crippen LogP contribution in [0.3, 0.4) is 0 Å². The molecule has 1 fully saturated rings. The Hall–Kier alpha value is -2.17. The summed E-state index contributed by atoms with van der Waals surface area (Å²) in [6.45, 7) is 1.90. The number of ether oxygens (including phenoxy) is 1. The number of imide groups is 1. The normalized spacial score (nSPS) is 15.1. The number of halogens is 3. The minimum absolute atomic E-state index is 0.196. The van der Waals surface area contributed by atoms with Crippen molar-refractivity contribution in [3.8, 4) is 5.75 Å². The van der Waals surface area contributed by atoms with Crippen LogP contribution in [0.4, 0.5) is 14.9 Å². The molecule has 10 heteroatoms. The molecule has 0 atom stereocenters. The van der Waals surface area contributed by atoms with Gasteiger partial charge < -0.3 is 10.1 Å². The molecule has 2 aromatic carbocycles. The zero-order valence-corrected chi connectivity index (χ0v) is 19.6. The highest BCUT2D eigenvalue weighted by molar-refractivity contribution is 9.11. The molecule has 0 spiro atoms. The van der Waals surface area contributed by atoms with Gasteiger partial charge in [0.2, 0.25) is 5.91 Å². The van der Waals surface area contributed by atoms with Gasteiger partial charge in [0.1, 0.15) is 18.1 Å². The van der Waals surface area contributed by atoms with E-state index < -0.39 is 29.4 Å². The van der Waals surface area contributed by atoms with E-state index in [1.165, 1.54) is 18.2 Å². The molecule has 156 valence electrons. The fraction of sp³-hybridized carbons (Fsp3) is 0.150. The van der Waals surface area contributed by atoms with E-state index in [-0.39, 0.29) is 10.6 Å². The maximum atomic E-state index is 13.2. The van der Waals surface area contributed by atoms with Crippen LogP contribution >= 0.6 is 43.6 Å². The number of carbonyl (C=O) groups excluding carboxylic acids is 3. The predicted molar refractivity (Wildman–Crippen MR) is 121 cm³/mol. The second-order valence-corrected chi connectivity index (χ2v) is 8.77. The molecular formula is C20H15Br2FN2O4S. The number of nitrogens with zero attached hydrogens (tertiary/aromatic N) is 1. The lowest BCUT2D eigenvalue weighted by Gasteiger charge is -2.12. The Bertz CT molecular complexity index is 1040. The van der Waals surface area contributed by atoms with Gasteiger partial charge in [-0.15, -0.1) is 0 Å². The molecule has 1 aliphatic rings. The van der Waals surface area contributed by atoms with Crippen molar-refractivity contribution in [1.82, 2.24) is 4.90 Å². The number of thioether (sulfide) groups is 1. The van der Waals surface area contributed by atoms with Crippen molar-refractivity contribution in [3.63, 3.8) is 0 Å². The third kappa shape index (κ3) is 5.30. The van der Waals surface area contributed by atoms with Crippen LogP contribution in [0.25, 0.3) is 6.08 Å². The summed E-state index contributed by atoms with van der Waals surface area (Å²) in [7, 11) is 0. The average Bonchev–Trinajstić information content (AvgIpc) is 2.92. The Morgan fingerprint density at radius 1 is 1.23 bits per heavy atom. The molecule has 3 amide bonds. The lowest BCUT2D eigenvalue weighted by atomic mass is 10.2. The Balaban J connectivity index is 1.73. The Morgan fingerprint density at radius 3 is 2.57 bits per heavy atom. The zero-order valence-electron chi connectivity index (χ0n) is 15.6. The van der Waals surface area contributed by atoms with E-state index in [0.717, 1.165) is 22.7 Å². The Morgan fingerprint density at radius 2 is 1.93 bits per heavy atom. The van der Waals surface area contributed by atoms with E-state index in [1.807, 2.05) is 6.92 Å². The first-order chi connectivity index (χ1) is 14.3. The molecule has 0 aliphatic carbocycles. The summed E-state index contributed by atoms with van der Waals surface area (Å²) in [6.07, 6.45) is 1.57. The van der Waals surface area contributed by atoms with Crippen LogP contribution in [0.1, 0.15) is 12.5 Å². The summed E-state index contributed by atoms with van der Waals surface area (Å²) in [5.74, 6) is -1.04. The SMILES string of the molecule is CCOc1c(Br)cc(/C=C2/SC(=O)N(CC(=O)Nc3cccc(F)c3)C2=O)cc1Br. The lowest BCUT2D eigenvalue weighted by molar-refractivity contribution is -0.127. The first-order valence-corrected chi connectivity index (χ1v) is 11.1. The van der Waals surface area contributed by atoms with Gasteiger partial charge in [0, 0.05) is 5.69 Å². The summed E-state index contributed by atoms with van der Waals surface area (Å²) in [5, 5.41) is 1.92. The van der Waals surface area contributed by atoms with Crippen LogP contribution in [0.2, 0.25) is 0 Å². The molecule has 0 radical (unpaired) electrons. The minimum Gasteiger partial charge on any atom is -0.492 e. The van der Waals surface area contributed by atoms with Crippen molar-refractivity contribution in [1.29, 1.82) is 0 Å². The van der Waals surface area contributed by atoms with Crippen molar-refractivity contribution in [2.45, 2.75) is 6.92 Å². The second-order valence-electron chi connectivity index (χ2n) is 6.07. The summed E-state index contributed by atoms with van der Waals surface area (Å²) < 4.78 is 20.2. The van der Waals surface area contributed by atoms with Gasteiger partial charge in [-0.2, -0.15) is 0 Å². The number of hydrogen-bond donors (Lipinski definition) is 1. The summed E-state index contributed by atoms with van der Waals surface area (Å²) >= 11 is 7.60. The number of rotatable bonds is 6. The van der Waals surface area contributed by atoms with Gasteiger partial charge in [0.05, 0.1) is 20.5 Å². The van der Waals surface area contributed by atoms with Crippen LogP contribution < -0.4 is 10.1 Å². The smallest absolute Gasteiger partial charge is 0.294 e. The number of nitrogens with one attached hydrogen (secondary N) is 1. The molecule has 0 bridgehead atoms. The number of amides is 3. The number of carbonyl (C=O) groups is 3. The predicted octanol–water partition coefficient (Wildman–Crippen LogP) is 5.42. The molecule has 1 aliphatic heterocycles. The van der Waals surface area contributed by atoms with Crippen molar-refractivity contribution in [2.24, 2.45) is 0 Å². The number of hydrogen-bond acceptors (Lipinski definition) is 5. The first kappa shape index (κ1) is 22.5. The second kappa shape index (κ2) is 9.76. The van der Waals surface area contributed by atoms with Gasteiger partial charge in [-0.1, -0.05) is 6.07 Å². The summed E-state index contributed by atoms with van der Waals surface area (Å²) in [4.78, 5) is 38.1. The lowest BCUT2D eigenvalue weighted by Crippen LogP contribution is -2.36. The van der Waals surface area contributed by atoms with E-state index >= 15 is 0 Å². The van der Waals surface area contributed by atoms with Crippen LogP contribution in [0, 0.1) is 5.82 Å². The van der Waals surface area contributed by atoms with E-state index in [4.69, 9.17) is 4.74 Å². The summed E-state index contributed by atoms with van der Waals surface area (Å²) in [6, 6.07) is 8.87. The highest BCUT2D eigenvalue weighted by Crippen LogP contribution is 2.37. The van der Waals surface area contributed by atoms with E-state index in [1.54, 1.807) is 18.2 Å². The topological polar surface area (TPSA) is 75.7 Å². The van der Waals surface area contributed by atoms with Crippen molar-refractivity contribution in [3.05, 3.63) is 61.6 Å². The van der Waals surface area contributed by atoms with Crippen LogP contribution in [-0.4, -0.2) is 35.1 Å². The average molecular weight is 558 g/mol. The third-order valence-corrected chi connectivity index (χ3v) is 5.98.